The van der Waals surface area contributed by atoms with Crippen LogP contribution in [0.2, 0.25) is 5.15 Å². The van der Waals surface area contributed by atoms with E-state index in [-0.39, 0.29) is 11.1 Å². The number of halogens is 1. The lowest BCUT2D eigenvalue weighted by Crippen LogP contribution is -2.13. The Labute approximate surface area is 126 Å². The number of anilines is 2. The second-order valence-electron chi connectivity index (χ2n) is 4.24. The molecule has 0 aliphatic rings. The predicted octanol–water partition coefficient (Wildman–Crippen LogP) is 3.57. The lowest BCUT2D eigenvalue weighted by atomic mass is 10.2. The van der Waals surface area contributed by atoms with E-state index in [1.54, 1.807) is 6.07 Å². The Bertz CT molecular complexity index is 614. The maximum absolute atomic E-state index is 12.1. The molecule has 0 radical (unpaired) electrons. The fourth-order valence-corrected chi connectivity index (χ4v) is 2.44. The van der Waals surface area contributed by atoms with Gasteiger partial charge in [0, 0.05) is 17.5 Å². The molecule has 2 N–H and O–H groups in total. The fourth-order valence-electron chi connectivity index (χ4n) is 1.55. The van der Waals surface area contributed by atoms with Crippen LogP contribution in [0, 0.1) is 6.92 Å². The van der Waals surface area contributed by atoms with Gasteiger partial charge in [0.2, 0.25) is 0 Å². The first-order chi connectivity index (χ1) is 9.58. The monoisotopic (exact) mass is 310 g/mol. The topological polar surface area (TPSA) is 66.9 Å². The SMILES string of the molecule is CCCNc1cc(C(=O)Nc2nc(C)cs2)cc(Cl)n1. The van der Waals surface area contributed by atoms with E-state index in [0.717, 1.165) is 18.7 Å². The van der Waals surface area contributed by atoms with Crippen molar-refractivity contribution in [3.63, 3.8) is 0 Å². The van der Waals surface area contributed by atoms with Gasteiger partial charge in [-0.3, -0.25) is 10.1 Å². The number of carbonyl (C=O) groups is 1. The Morgan fingerprint density at radius 2 is 2.20 bits per heavy atom. The molecule has 0 spiro atoms. The highest BCUT2D eigenvalue weighted by molar-refractivity contribution is 7.13. The molecule has 0 saturated carbocycles. The smallest absolute Gasteiger partial charge is 0.257 e. The summed E-state index contributed by atoms with van der Waals surface area (Å²) in [5, 5.41) is 8.59. The third kappa shape index (κ3) is 3.91. The van der Waals surface area contributed by atoms with Gasteiger partial charge in [-0.2, -0.15) is 0 Å². The summed E-state index contributed by atoms with van der Waals surface area (Å²) in [5.74, 6) is 0.350. The quantitative estimate of drug-likeness (QED) is 0.828. The van der Waals surface area contributed by atoms with Crippen LogP contribution in [-0.2, 0) is 0 Å². The zero-order chi connectivity index (χ0) is 14.5. The maximum Gasteiger partial charge on any atom is 0.257 e. The second kappa shape index (κ2) is 6.67. The van der Waals surface area contributed by atoms with Crippen LogP contribution in [-0.4, -0.2) is 22.4 Å². The van der Waals surface area contributed by atoms with Crippen LogP contribution in [0.15, 0.2) is 17.5 Å². The number of aryl methyl sites for hydroxylation is 1. The summed E-state index contributed by atoms with van der Waals surface area (Å²) in [6.45, 7) is 4.71. The second-order valence-corrected chi connectivity index (χ2v) is 5.48. The molecule has 0 aromatic carbocycles. The van der Waals surface area contributed by atoms with Gasteiger partial charge >= 0.3 is 0 Å². The minimum atomic E-state index is -0.247. The van der Waals surface area contributed by atoms with Crippen molar-refractivity contribution in [3.8, 4) is 0 Å². The summed E-state index contributed by atoms with van der Waals surface area (Å²) < 4.78 is 0. The number of pyridine rings is 1. The Morgan fingerprint density at radius 1 is 1.40 bits per heavy atom. The van der Waals surface area contributed by atoms with Gasteiger partial charge in [0.25, 0.3) is 5.91 Å². The summed E-state index contributed by atoms with van der Waals surface area (Å²) in [7, 11) is 0. The molecule has 0 fully saturated rings. The predicted molar refractivity (Wildman–Crippen MR) is 82.8 cm³/mol. The molecular formula is C13H15ClN4OS. The molecule has 2 aromatic heterocycles. The summed E-state index contributed by atoms with van der Waals surface area (Å²) in [6, 6.07) is 3.21. The first-order valence-corrected chi connectivity index (χ1v) is 7.49. The number of hydrogen-bond donors (Lipinski definition) is 2. The molecule has 1 amide bonds. The lowest BCUT2D eigenvalue weighted by Gasteiger charge is -2.07. The number of aromatic nitrogens is 2. The molecule has 0 atom stereocenters. The van der Waals surface area contributed by atoms with Gasteiger partial charge in [-0.05, 0) is 25.5 Å². The van der Waals surface area contributed by atoms with E-state index in [1.165, 1.54) is 17.4 Å². The maximum atomic E-state index is 12.1. The zero-order valence-corrected chi connectivity index (χ0v) is 12.8. The van der Waals surface area contributed by atoms with Crippen LogP contribution in [0.25, 0.3) is 0 Å². The highest BCUT2D eigenvalue weighted by atomic mass is 35.5. The normalized spacial score (nSPS) is 10.3. The highest BCUT2D eigenvalue weighted by Gasteiger charge is 2.11. The van der Waals surface area contributed by atoms with Crippen LogP contribution < -0.4 is 10.6 Å². The molecule has 106 valence electrons. The molecule has 0 bridgehead atoms. The molecule has 20 heavy (non-hydrogen) atoms. The molecule has 0 aliphatic heterocycles. The Morgan fingerprint density at radius 3 is 2.85 bits per heavy atom. The molecule has 5 nitrogen and oxygen atoms in total. The molecular weight excluding hydrogens is 296 g/mol. The van der Waals surface area contributed by atoms with Crippen molar-refractivity contribution in [1.29, 1.82) is 0 Å². The minimum absolute atomic E-state index is 0.247. The Hall–Kier alpha value is -1.66. The number of carbonyl (C=O) groups excluding carboxylic acids is 1. The highest BCUT2D eigenvalue weighted by Crippen LogP contribution is 2.18. The molecule has 7 heteroatoms. The number of amides is 1. The van der Waals surface area contributed by atoms with Gasteiger partial charge in [-0.15, -0.1) is 11.3 Å². The van der Waals surface area contributed by atoms with Crippen molar-refractivity contribution in [3.05, 3.63) is 33.9 Å². The number of nitrogens with one attached hydrogen (secondary N) is 2. The summed E-state index contributed by atoms with van der Waals surface area (Å²) in [6.07, 6.45) is 0.966. The number of rotatable bonds is 5. The van der Waals surface area contributed by atoms with E-state index in [1.807, 2.05) is 12.3 Å². The van der Waals surface area contributed by atoms with Crippen LogP contribution >= 0.6 is 22.9 Å². The van der Waals surface area contributed by atoms with Crippen LogP contribution in [0.5, 0.6) is 0 Å². The van der Waals surface area contributed by atoms with E-state index >= 15 is 0 Å². The largest absolute Gasteiger partial charge is 0.370 e. The first kappa shape index (κ1) is 14.7. The van der Waals surface area contributed by atoms with Gasteiger partial charge < -0.3 is 5.32 Å². The molecule has 0 aliphatic carbocycles. The van der Waals surface area contributed by atoms with Gasteiger partial charge in [-0.1, -0.05) is 18.5 Å². The standard InChI is InChI=1S/C13H15ClN4OS/c1-3-4-15-11-6-9(5-10(14)17-11)12(19)18-13-16-8(2)7-20-13/h5-7H,3-4H2,1-2H3,(H,15,17)(H,16,18,19). The zero-order valence-electron chi connectivity index (χ0n) is 11.2. The summed E-state index contributed by atoms with van der Waals surface area (Å²) >= 11 is 7.32. The van der Waals surface area contributed by atoms with Crippen molar-refractivity contribution >= 4 is 39.8 Å². The van der Waals surface area contributed by atoms with Crippen molar-refractivity contribution in [2.24, 2.45) is 0 Å². The van der Waals surface area contributed by atoms with Crippen molar-refractivity contribution in [2.75, 3.05) is 17.2 Å². The fraction of sp³-hybridized carbons (Fsp3) is 0.308. The van der Waals surface area contributed by atoms with Crippen LogP contribution in [0.3, 0.4) is 0 Å². The molecule has 2 heterocycles. The Kier molecular flexibility index (Phi) is 4.92. The van der Waals surface area contributed by atoms with Gasteiger partial charge in [0.15, 0.2) is 5.13 Å². The van der Waals surface area contributed by atoms with E-state index < -0.39 is 0 Å². The van der Waals surface area contributed by atoms with Crippen LogP contribution in [0.1, 0.15) is 29.4 Å². The summed E-state index contributed by atoms with van der Waals surface area (Å²) in [5.41, 5.74) is 1.33. The number of thiazole rings is 1. The van der Waals surface area contributed by atoms with E-state index in [4.69, 9.17) is 11.6 Å². The third-order valence-corrected chi connectivity index (χ3v) is 3.52. The average molecular weight is 311 g/mol. The minimum Gasteiger partial charge on any atom is -0.370 e. The van der Waals surface area contributed by atoms with E-state index in [2.05, 4.69) is 27.5 Å². The average Bonchev–Trinajstić information content (AvgIpc) is 2.81. The third-order valence-electron chi connectivity index (χ3n) is 2.45. The van der Waals surface area contributed by atoms with E-state index in [9.17, 15) is 4.79 Å². The van der Waals surface area contributed by atoms with Gasteiger partial charge in [-0.25, -0.2) is 9.97 Å². The molecule has 2 rings (SSSR count). The van der Waals surface area contributed by atoms with Gasteiger partial charge in [0.1, 0.15) is 11.0 Å². The number of hydrogen-bond acceptors (Lipinski definition) is 5. The lowest BCUT2D eigenvalue weighted by molar-refractivity contribution is 0.102. The van der Waals surface area contributed by atoms with Crippen molar-refractivity contribution in [2.45, 2.75) is 20.3 Å². The van der Waals surface area contributed by atoms with Crippen LogP contribution in [0.4, 0.5) is 10.9 Å². The first-order valence-electron chi connectivity index (χ1n) is 6.23. The van der Waals surface area contributed by atoms with Crippen molar-refractivity contribution in [1.82, 2.24) is 9.97 Å². The Balaban J connectivity index is 2.14. The molecule has 2 aromatic rings. The summed E-state index contributed by atoms with van der Waals surface area (Å²) in [4.78, 5) is 20.5. The molecule has 0 saturated heterocycles. The molecule has 0 unspecified atom stereocenters. The van der Waals surface area contributed by atoms with E-state index in [0.29, 0.717) is 16.5 Å². The number of nitrogens with zero attached hydrogens (tertiary/aromatic N) is 2. The van der Waals surface area contributed by atoms with Crippen molar-refractivity contribution < 1.29 is 4.79 Å². The van der Waals surface area contributed by atoms with Gasteiger partial charge in [0.05, 0.1) is 5.69 Å².